The first-order valence-electron chi connectivity index (χ1n) is 10.4. The predicted molar refractivity (Wildman–Crippen MR) is 112 cm³/mol. The topological polar surface area (TPSA) is 76.0 Å². The van der Waals surface area contributed by atoms with Crippen molar-refractivity contribution in [3.05, 3.63) is 35.9 Å². The largest absolute Gasteiger partial charge is 0.400 e. The van der Waals surface area contributed by atoms with Gasteiger partial charge in [0.2, 0.25) is 0 Å². The third-order valence-electron chi connectivity index (χ3n) is 5.27. The summed E-state index contributed by atoms with van der Waals surface area (Å²) < 4.78 is 0. The van der Waals surface area contributed by atoms with E-state index < -0.39 is 0 Å². The number of likely N-dealkylation sites (tertiary alicyclic amines) is 1. The van der Waals surface area contributed by atoms with Gasteiger partial charge in [-0.1, -0.05) is 43.2 Å². The van der Waals surface area contributed by atoms with E-state index in [1.807, 2.05) is 0 Å². The highest BCUT2D eigenvalue weighted by molar-refractivity contribution is 5.14. The van der Waals surface area contributed by atoms with Crippen LogP contribution in [0.2, 0.25) is 0 Å². The summed E-state index contributed by atoms with van der Waals surface area (Å²) in [4.78, 5) is 2.48. The number of nitrogens with zero attached hydrogens (tertiary/aromatic N) is 1. The predicted octanol–water partition coefficient (Wildman–Crippen LogP) is 2.26. The molecule has 2 aliphatic rings. The zero-order valence-electron chi connectivity index (χ0n) is 17.0. The highest BCUT2D eigenvalue weighted by atomic mass is 16.3. The Bertz CT molecular complexity index is 436. The maximum atomic E-state index is 9.27. The Morgan fingerprint density at radius 1 is 0.926 bits per heavy atom. The minimum atomic E-state index is 0.339. The average Bonchev–Trinajstić information content (AvgIpc) is 3.13. The Morgan fingerprint density at radius 3 is 2.30 bits per heavy atom. The summed E-state index contributed by atoms with van der Waals surface area (Å²) in [6.45, 7) is 6.08. The second-order valence-electron chi connectivity index (χ2n) is 7.51. The summed E-state index contributed by atoms with van der Waals surface area (Å²) in [7, 11) is 1.00. The van der Waals surface area contributed by atoms with Crippen LogP contribution in [0.4, 0.5) is 0 Å². The molecular weight excluding hydrogens is 340 g/mol. The molecule has 2 saturated heterocycles. The fraction of sp³-hybridized carbons (Fsp3) is 0.727. The average molecular weight is 381 g/mol. The summed E-state index contributed by atoms with van der Waals surface area (Å²) in [6.07, 6.45) is 7.46. The molecule has 4 N–H and O–H groups in total. The van der Waals surface area contributed by atoms with E-state index in [-0.39, 0.29) is 0 Å². The number of benzene rings is 1. The molecule has 0 saturated carbocycles. The van der Waals surface area contributed by atoms with Crippen LogP contribution in [0.25, 0.3) is 0 Å². The maximum Gasteiger partial charge on any atom is 0.0471 e. The van der Waals surface area contributed by atoms with E-state index in [0.29, 0.717) is 25.0 Å². The normalized spacial score (nSPS) is 23.7. The second-order valence-corrected chi connectivity index (χ2v) is 7.51. The molecule has 2 atom stereocenters. The quantitative estimate of drug-likeness (QED) is 0.645. The Hall–Kier alpha value is -0.980. The van der Waals surface area contributed by atoms with Crippen molar-refractivity contribution in [3.8, 4) is 0 Å². The first-order chi connectivity index (χ1) is 13.3. The van der Waals surface area contributed by atoms with Gasteiger partial charge in [-0.25, -0.2) is 0 Å². The molecule has 1 aromatic rings. The van der Waals surface area contributed by atoms with E-state index in [9.17, 15) is 5.11 Å². The smallest absolute Gasteiger partial charge is 0.0471 e. The minimum absolute atomic E-state index is 0.339. The van der Waals surface area contributed by atoms with Crippen molar-refractivity contribution in [1.82, 2.24) is 10.2 Å². The third kappa shape index (κ3) is 10.8. The molecule has 0 radical (unpaired) electrons. The van der Waals surface area contributed by atoms with Gasteiger partial charge in [0.05, 0.1) is 0 Å². The van der Waals surface area contributed by atoms with E-state index in [1.54, 1.807) is 0 Å². The second kappa shape index (κ2) is 16.0. The van der Waals surface area contributed by atoms with Crippen LogP contribution < -0.4 is 5.32 Å². The van der Waals surface area contributed by atoms with Crippen molar-refractivity contribution < 1.29 is 15.3 Å². The molecule has 2 aliphatic heterocycles. The highest BCUT2D eigenvalue weighted by Crippen LogP contribution is 2.17. The number of aliphatic hydroxyl groups excluding tert-OH is 3. The molecule has 156 valence electrons. The van der Waals surface area contributed by atoms with Crippen LogP contribution in [0, 0.1) is 11.8 Å². The molecule has 0 aliphatic carbocycles. The van der Waals surface area contributed by atoms with Gasteiger partial charge in [-0.15, -0.1) is 0 Å². The van der Waals surface area contributed by atoms with E-state index >= 15 is 0 Å². The molecule has 0 aromatic heterocycles. The summed E-state index contributed by atoms with van der Waals surface area (Å²) in [5, 5.41) is 28.3. The van der Waals surface area contributed by atoms with Crippen molar-refractivity contribution in [2.45, 2.75) is 45.1 Å². The van der Waals surface area contributed by atoms with Gasteiger partial charge in [0.25, 0.3) is 0 Å². The summed E-state index contributed by atoms with van der Waals surface area (Å²) in [5.41, 5.74) is 1.38. The van der Waals surface area contributed by atoms with Gasteiger partial charge in [-0.05, 0) is 56.2 Å². The lowest BCUT2D eigenvalue weighted by atomic mass is 10.0. The summed E-state index contributed by atoms with van der Waals surface area (Å²) >= 11 is 0. The van der Waals surface area contributed by atoms with Crippen LogP contribution in [-0.2, 0) is 6.54 Å². The summed E-state index contributed by atoms with van der Waals surface area (Å²) in [5.74, 6) is 0.999. The zero-order valence-corrected chi connectivity index (χ0v) is 17.0. The number of hydrogen-bond donors (Lipinski definition) is 4. The molecule has 0 bridgehead atoms. The lowest BCUT2D eigenvalue weighted by molar-refractivity contribution is 0.169. The van der Waals surface area contributed by atoms with Gasteiger partial charge in [-0.3, -0.25) is 4.90 Å². The Morgan fingerprint density at radius 2 is 1.59 bits per heavy atom. The molecule has 27 heavy (non-hydrogen) atoms. The zero-order chi connectivity index (χ0) is 19.7. The minimum Gasteiger partial charge on any atom is -0.400 e. The van der Waals surface area contributed by atoms with Crippen LogP contribution in [0.1, 0.15) is 44.1 Å². The van der Waals surface area contributed by atoms with Crippen LogP contribution in [0.5, 0.6) is 0 Å². The van der Waals surface area contributed by atoms with Crippen molar-refractivity contribution in [2.24, 2.45) is 11.8 Å². The Kier molecular flexibility index (Phi) is 14.3. The van der Waals surface area contributed by atoms with Crippen molar-refractivity contribution in [1.29, 1.82) is 0 Å². The lowest BCUT2D eigenvalue weighted by Crippen LogP contribution is -2.29. The molecule has 2 fully saturated rings. The summed E-state index contributed by atoms with van der Waals surface area (Å²) in [6, 6.07) is 10.6. The first-order valence-corrected chi connectivity index (χ1v) is 10.4. The monoisotopic (exact) mass is 380 g/mol. The molecule has 2 unspecified atom stereocenters. The SMILES string of the molecule is CO.OCC1CCCCN(Cc2ccccc2)C1.OCC1CCCCNC1. The van der Waals surface area contributed by atoms with Gasteiger partial charge in [0, 0.05) is 40.0 Å². The third-order valence-corrected chi connectivity index (χ3v) is 5.27. The van der Waals surface area contributed by atoms with Crippen molar-refractivity contribution >= 4 is 0 Å². The Labute approximate surface area is 165 Å². The van der Waals surface area contributed by atoms with Crippen molar-refractivity contribution in [3.63, 3.8) is 0 Å². The van der Waals surface area contributed by atoms with Gasteiger partial charge in [-0.2, -0.15) is 0 Å². The van der Waals surface area contributed by atoms with E-state index in [4.69, 9.17) is 10.2 Å². The number of hydrogen-bond acceptors (Lipinski definition) is 5. The molecule has 1 aromatic carbocycles. The lowest BCUT2D eigenvalue weighted by Gasteiger charge is -2.23. The van der Waals surface area contributed by atoms with Gasteiger partial charge in [0.15, 0.2) is 0 Å². The maximum absolute atomic E-state index is 9.27. The van der Waals surface area contributed by atoms with E-state index in [1.165, 1.54) is 50.6 Å². The highest BCUT2D eigenvalue weighted by Gasteiger charge is 2.17. The Balaban J connectivity index is 0.000000282. The fourth-order valence-corrected chi connectivity index (χ4v) is 3.70. The number of nitrogens with one attached hydrogen (secondary N) is 1. The van der Waals surface area contributed by atoms with Crippen LogP contribution in [0.3, 0.4) is 0 Å². The molecular formula is C22H40N2O3. The van der Waals surface area contributed by atoms with Crippen molar-refractivity contribution in [2.75, 3.05) is 46.5 Å². The number of rotatable bonds is 4. The van der Waals surface area contributed by atoms with Crippen LogP contribution in [-0.4, -0.2) is 66.7 Å². The first kappa shape index (κ1) is 24.1. The molecule has 0 spiro atoms. The fourth-order valence-electron chi connectivity index (χ4n) is 3.70. The van der Waals surface area contributed by atoms with Gasteiger partial charge >= 0.3 is 0 Å². The standard InChI is InChI=1S/C14H21NO.C7H15NO.CH4O/c16-12-14-8-4-5-9-15(11-14)10-13-6-2-1-3-7-13;9-6-7-3-1-2-4-8-5-7;1-2/h1-3,6-7,14,16H,4-5,8-12H2;7-9H,1-6H2;2H,1H3. The van der Waals surface area contributed by atoms with E-state index in [2.05, 4.69) is 40.5 Å². The van der Waals surface area contributed by atoms with E-state index in [0.717, 1.165) is 33.3 Å². The van der Waals surface area contributed by atoms with Gasteiger partial charge in [0.1, 0.15) is 0 Å². The molecule has 3 rings (SSSR count). The van der Waals surface area contributed by atoms with Crippen LogP contribution in [0.15, 0.2) is 30.3 Å². The molecule has 2 heterocycles. The van der Waals surface area contributed by atoms with Crippen LogP contribution >= 0.6 is 0 Å². The number of aliphatic hydroxyl groups is 3. The van der Waals surface area contributed by atoms with Gasteiger partial charge < -0.3 is 20.6 Å². The molecule has 5 heteroatoms. The molecule has 5 nitrogen and oxygen atoms in total. The molecule has 0 amide bonds.